The summed E-state index contributed by atoms with van der Waals surface area (Å²) in [6.45, 7) is 0.770. The average molecular weight is 319 g/mol. The molecule has 0 saturated carbocycles. The topological polar surface area (TPSA) is 66.0 Å². The smallest absolute Gasteiger partial charge is 0.122 e. The fourth-order valence-electron chi connectivity index (χ4n) is 1.80. The highest BCUT2D eigenvalue weighted by Crippen LogP contribution is 2.17. The second-order valence-corrected chi connectivity index (χ2v) is 5.24. The Hall–Kier alpha value is -1.88. The molecule has 0 spiro atoms. The van der Waals surface area contributed by atoms with E-state index in [1.165, 1.54) is 0 Å². The van der Waals surface area contributed by atoms with E-state index in [4.69, 9.17) is 11.1 Å². The number of amidine groups is 1. The number of aromatic nitrogens is 1. The van der Waals surface area contributed by atoms with Crippen molar-refractivity contribution in [1.82, 2.24) is 4.98 Å². The van der Waals surface area contributed by atoms with E-state index in [1.807, 2.05) is 43.6 Å². The van der Waals surface area contributed by atoms with Crippen LogP contribution < -0.4 is 10.6 Å². The van der Waals surface area contributed by atoms with Crippen LogP contribution >= 0.6 is 15.9 Å². The van der Waals surface area contributed by atoms with Crippen LogP contribution in [0.25, 0.3) is 0 Å². The zero-order chi connectivity index (χ0) is 13.8. The van der Waals surface area contributed by atoms with Crippen molar-refractivity contribution < 1.29 is 0 Å². The summed E-state index contributed by atoms with van der Waals surface area (Å²) in [5.74, 6) is 0.0883. The first-order valence-electron chi connectivity index (χ1n) is 5.81. The largest absolute Gasteiger partial charge is 0.384 e. The lowest BCUT2D eigenvalue weighted by atomic mass is 10.1. The lowest BCUT2D eigenvalue weighted by Gasteiger charge is -2.19. The molecule has 0 amide bonds. The molecule has 0 radical (unpaired) electrons. The molecule has 1 aromatic carbocycles. The molecule has 0 aliphatic heterocycles. The van der Waals surface area contributed by atoms with Crippen LogP contribution in [-0.2, 0) is 6.54 Å². The number of rotatable bonds is 4. The van der Waals surface area contributed by atoms with Gasteiger partial charge >= 0.3 is 0 Å². The molecule has 1 heterocycles. The first-order valence-corrected chi connectivity index (χ1v) is 6.60. The zero-order valence-corrected chi connectivity index (χ0v) is 12.2. The van der Waals surface area contributed by atoms with Gasteiger partial charge in [0.1, 0.15) is 5.84 Å². The van der Waals surface area contributed by atoms with Crippen molar-refractivity contribution in [3.05, 3.63) is 58.3 Å². The molecule has 0 atom stereocenters. The number of benzene rings is 1. The number of pyridine rings is 1. The lowest BCUT2D eigenvalue weighted by Crippen LogP contribution is -2.17. The number of nitrogens with two attached hydrogens (primary N) is 1. The molecule has 4 nitrogen and oxygen atoms in total. The number of hydrogen-bond donors (Lipinski definition) is 2. The molecule has 0 fully saturated rings. The van der Waals surface area contributed by atoms with Crippen molar-refractivity contribution in [2.24, 2.45) is 5.73 Å². The van der Waals surface area contributed by atoms with Gasteiger partial charge in [0.2, 0.25) is 0 Å². The van der Waals surface area contributed by atoms with Gasteiger partial charge in [0.15, 0.2) is 0 Å². The van der Waals surface area contributed by atoms with Gasteiger partial charge in [-0.3, -0.25) is 10.4 Å². The van der Waals surface area contributed by atoms with Crippen molar-refractivity contribution in [2.75, 3.05) is 11.9 Å². The van der Waals surface area contributed by atoms with Gasteiger partial charge < -0.3 is 10.6 Å². The second kappa shape index (κ2) is 5.84. The molecule has 0 aliphatic rings. The summed E-state index contributed by atoms with van der Waals surface area (Å²) < 4.78 is 0.977. The SMILES string of the molecule is CN(Cc1cncc(Br)c1)c1ccc(C(=N)N)cc1. The highest BCUT2D eigenvalue weighted by atomic mass is 79.9. The average Bonchev–Trinajstić information content (AvgIpc) is 2.39. The van der Waals surface area contributed by atoms with Gasteiger partial charge in [-0.1, -0.05) is 0 Å². The van der Waals surface area contributed by atoms with E-state index in [-0.39, 0.29) is 5.84 Å². The van der Waals surface area contributed by atoms with E-state index < -0.39 is 0 Å². The van der Waals surface area contributed by atoms with Crippen molar-refractivity contribution in [3.8, 4) is 0 Å². The molecule has 3 N–H and O–H groups in total. The highest BCUT2D eigenvalue weighted by Gasteiger charge is 2.04. The molecular formula is C14H15BrN4. The Morgan fingerprint density at radius 3 is 2.58 bits per heavy atom. The van der Waals surface area contributed by atoms with Gasteiger partial charge in [-0.15, -0.1) is 0 Å². The third-order valence-electron chi connectivity index (χ3n) is 2.80. The van der Waals surface area contributed by atoms with Crippen LogP contribution in [0, 0.1) is 5.41 Å². The Balaban J connectivity index is 2.11. The van der Waals surface area contributed by atoms with Gasteiger partial charge in [0, 0.05) is 41.7 Å². The molecule has 1 aromatic heterocycles. The monoisotopic (exact) mass is 318 g/mol. The van der Waals surface area contributed by atoms with Crippen LogP contribution in [0.4, 0.5) is 5.69 Å². The van der Waals surface area contributed by atoms with Crippen molar-refractivity contribution in [1.29, 1.82) is 5.41 Å². The van der Waals surface area contributed by atoms with Gasteiger partial charge in [0.25, 0.3) is 0 Å². The molecule has 98 valence electrons. The van der Waals surface area contributed by atoms with Crippen LogP contribution in [0.2, 0.25) is 0 Å². The molecule has 0 unspecified atom stereocenters. The molecule has 5 heteroatoms. The van der Waals surface area contributed by atoms with E-state index in [0.717, 1.165) is 27.8 Å². The molecule has 2 aromatic rings. The van der Waals surface area contributed by atoms with Gasteiger partial charge in [-0.2, -0.15) is 0 Å². The first-order chi connectivity index (χ1) is 9.06. The fraction of sp³-hybridized carbons (Fsp3) is 0.143. The Morgan fingerprint density at radius 2 is 2.00 bits per heavy atom. The summed E-state index contributed by atoms with van der Waals surface area (Å²) in [6.07, 6.45) is 3.62. The fourth-order valence-corrected chi connectivity index (χ4v) is 2.22. The summed E-state index contributed by atoms with van der Waals surface area (Å²) in [5, 5.41) is 7.37. The van der Waals surface area contributed by atoms with Crippen molar-refractivity contribution in [3.63, 3.8) is 0 Å². The summed E-state index contributed by atoms with van der Waals surface area (Å²) in [5.41, 5.74) is 8.38. The van der Waals surface area contributed by atoms with Crippen LogP contribution in [-0.4, -0.2) is 17.9 Å². The molecule has 0 saturated heterocycles. The maximum absolute atomic E-state index is 7.37. The van der Waals surface area contributed by atoms with Crippen LogP contribution in [0.3, 0.4) is 0 Å². The Labute approximate surface area is 120 Å². The Morgan fingerprint density at radius 1 is 1.32 bits per heavy atom. The number of halogens is 1. The predicted octanol–water partition coefficient (Wildman–Crippen LogP) is 2.76. The van der Waals surface area contributed by atoms with Crippen LogP contribution in [0.5, 0.6) is 0 Å². The summed E-state index contributed by atoms with van der Waals surface area (Å²) in [4.78, 5) is 6.27. The van der Waals surface area contributed by atoms with E-state index in [9.17, 15) is 0 Å². The normalized spacial score (nSPS) is 10.2. The quantitative estimate of drug-likeness (QED) is 0.673. The molecule has 19 heavy (non-hydrogen) atoms. The third-order valence-corrected chi connectivity index (χ3v) is 3.23. The molecule has 0 aliphatic carbocycles. The number of anilines is 1. The van der Waals surface area contributed by atoms with Gasteiger partial charge in [-0.05, 0) is 51.8 Å². The second-order valence-electron chi connectivity index (χ2n) is 4.33. The van der Waals surface area contributed by atoms with Crippen molar-refractivity contribution >= 4 is 27.5 Å². The minimum absolute atomic E-state index is 0.0883. The lowest BCUT2D eigenvalue weighted by molar-refractivity contribution is 0.914. The minimum atomic E-state index is 0.0883. The summed E-state index contributed by atoms with van der Waals surface area (Å²) in [6, 6.07) is 9.68. The molecule has 0 bridgehead atoms. The Kier molecular flexibility index (Phi) is 4.16. The zero-order valence-electron chi connectivity index (χ0n) is 10.6. The minimum Gasteiger partial charge on any atom is -0.384 e. The summed E-state index contributed by atoms with van der Waals surface area (Å²) >= 11 is 3.42. The third kappa shape index (κ3) is 3.54. The predicted molar refractivity (Wildman–Crippen MR) is 81.5 cm³/mol. The standard InChI is InChI=1S/C14H15BrN4/c1-19(9-10-6-12(15)8-18-7-10)13-4-2-11(3-5-13)14(16)17/h2-8H,9H2,1H3,(H3,16,17). The van der Waals surface area contributed by atoms with E-state index in [0.29, 0.717) is 0 Å². The Bertz CT molecular complexity index is 580. The van der Waals surface area contributed by atoms with Gasteiger partial charge in [0.05, 0.1) is 0 Å². The van der Waals surface area contributed by atoms with Crippen LogP contribution in [0.15, 0.2) is 47.2 Å². The highest BCUT2D eigenvalue weighted by molar-refractivity contribution is 9.10. The van der Waals surface area contributed by atoms with E-state index in [1.54, 1.807) is 6.20 Å². The maximum Gasteiger partial charge on any atom is 0.122 e. The number of nitrogens with one attached hydrogen (secondary N) is 1. The summed E-state index contributed by atoms with van der Waals surface area (Å²) in [7, 11) is 2.02. The number of nitrogen functional groups attached to an aromatic ring is 1. The number of nitrogens with zero attached hydrogens (tertiary/aromatic N) is 2. The first kappa shape index (κ1) is 13.5. The molecule has 2 rings (SSSR count). The van der Waals surface area contributed by atoms with Crippen molar-refractivity contribution in [2.45, 2.75) is 6.54 Å². The van der Waals surface area contributed by atoms with Gasteiger partial charge in [-0.25, -0.2) is 0 Å². The number of hydrogen-bond acceptors (Lipinski definition) is 3. The van der Waals surface area contributed by atoms with E-state index >= 15 is 0 Å². The van der Waals surface area contributed by atoms with Crippen LogP contribution in [0.1, 0.15) is 11.1 Å². The van der Waals surface area contributed by atoms with E-state index in [2.05, 4.69) is 25.8 Å². The molecular weight excluding hydrogens is 304 g/mol. The maximum atomic E-state index is 7.37.